The number of aromatic nitrogens is 4. The second-order valence-electron chi connectivity index (χ2n) is 7.44. The van der Waals surface area contributed by atoms with Crippen molar-refractivity contribution < 1.29 is 14.4 Å². The molecule has 0 aliphatic carbocycles. The molecule has 1 fully saturated rings. The van der Waals surface area contributed by atoms with E-state index in [9.17, 15) is 14.4 Å². The molecule has 4 heterocycles. The number of hydrogen-bond donors (Lipinski definition) is 1. The SMILES string of the molecule is Cn1nc(-c2ccc3c(c2)CN(C2CCC(=O)NC2=O)C3=O)cc1-c1cncnc1. The highest BCUT2D eigenvalue weighted by atomic mass is 16.2. The van der Waals surface area contributed by atoms with E-state index in [0.717, 1.165) is 28.1 Å². The molecule has 0 radical (unpaired) electrons. The van der Waals surface area contributed by atoms with Crippen LogP contribution in [0.25, 0.3) is 22.5 Å². The minimum absolute atomic E-state index is 0.186. The zero-order valence-corrected chi connectivity index (χ0v) is 16.2. The topological polar surface area (TPSA) is 110 Å². The molecule has 3 amide bonds. The summed E-state index contributed by atoms with van der Waals surface area (Å²) >= 11 is 0. The van der Waals surface area contributed by atoms with Gasteiger partial charge in [-0.3, -0.25) is 24.4 Å². The van der Waals surface area contributed by atoms with E-state index in [1.165, 1.54) is 6.33 Å². The van der Waals surface area contributed by atoms with Crippen LogP contribution in [0.15, 0.2) is 43.0 Å². The molecular formula is C21H18N6O3. The smallest absolute Gasteiger partial charge is 0.255 e. The standard InChI is InChI=1S/C21H18N6O3/c1-26-18(14-8-22-11-23-9-14)7-16(25-26)12-2-3-15-13(6-12)10-27(21(15)30)17-4-5-19(28)24-20(17)29/h2-3,6-9,11,17H,4-5,10H2,1H3,(H,24,28,29). The van der Waals surface area contributed by atoms with Crippen molar-refractivity contribution in [2.45, 2.75) is 25.4 Å². The van der Waals surface area contributed by atoms with Crippen LogP contribution in [-0.2, 0) is 23.2 Å². The van der Waals surface area contributed by atoms with Crippen LogP contribution in [0.3, 0.4) is 0 Å². The monoisotopic (exact) mass is 402 g/mol. The van der Waals surface area contributed by atoms with Crippen LogP contribution in [0.2, 0.25) is 0 Å². The van der Waals surface area contributed by atoms with Gasteiger partial charge in [-0.2, -0.15) is 5.10 Å². The molecule has 2 aromatic heterocycles. The minimum atomic E-state index is -0.620. The molecule has 9 heteroatoms. The lowest BCUT2D eigenvalue weighted by Crippen LogP contribution is -2.52. The zero-order valence-electron chi connectivity index (χ0n) is 16.2. The fourth-order valence-corrected chi connectivity index (χ4v) is 4.04. The first-order valence-electron chi connectivity index (χ1n) is 9.58. The summed E-state index contributed by atoms with van der Waals surface area (Å²) in [6.07, 6.45) is 5.52. The summed E-state index contributed by atoms with van der Waals surface area (Å²) in [6.45, 7) is 0.334. The summed E-state index contributed by atoms with van der Waals surface area (Å²) in [6, 6.07) is 6.91. The van der Waals surface area contributed by atoms with E-state index in [1.54, 1.807) is 28.0 Å². The van der Waals surface area contributed by atoms with Crippen molar-refractivity contribution in [3.63, 3.8) is 0 Å². The summed E-state index contributed by atoms with van der Waals surface area (Å²) in [5.41, 5.74) is 4.82. The van der Waals surface area contributed by atoms with E-state index in [1.807, 2.05) is 25.2 Å². The summed E-state index contributed by atoms with van der Waals surface area (Å²) in [5.74, 6) is -0.890. The lowest BCUT2D eigenvalue weighted by atomic mass is 10.0. The lowest BCUT2D eigenvalue weighted by Gasteiger charge is -2.29. The van der Waals surface area contributed by atoms with Gasteiger partial charge in [0.15, 0.2) is 0 Å². The van der Waals surface area contributed by atoms with Crippen LogP contribution < -0.4 is 5.32 Å². The fraction of sp³-hybridized carbons (Fsp3) is 0.238. The number of fused-ring (bicyclic) bond motifs is 1. The number of hydrogen-bond acceptors (Lipinski definition) is 6. The van der Waals surface area contributed by atoms with Crippen molar-refractivity contribution in [2.24, 2.45) is 7.05 Å². The number of imide groups is 1. The second kappa shape index (κ2) is 6.87. The average Bonchev–Trinajstić information content (AvgIpc) is 3.29. The molecule has 0 spiro atoms. The van der Waals surface area contributed by atoms with Gasteiger partial charge in [0, 0.05) is 49.1 Å². The number of rotatable bonds is 3. The molecule has 5 rings (SSSR count). The molecule has 150 valence electrons. The summed E-state index contributed by atoms with van der Waals surface area (Å²) in [4.78, 5) is 46.1. The normalized spacial score (nSPS) is 18.5. The number of benzene rings is 1. The number of amides is 3. The van der Waals surface area contributed by atoms with Crippen molar-refractivity contribution >= 4 is 17.7 Å². The number of aryl methyl sites for hydroxylation is 1. The predicted octanol–water partition coefficient (Wildman–Crippen LogP) is 1.31. The molecular weight excluding hydrogens is 384 g/mol. The molecule has 1 unspecified atom stereocenters. The van der Waals surface area contributed by atoms with E-state index in [2.05, 4.69) is 20.4 Å². The number of carbonyl (C=O) groups excluding carboxylic acids is 3. The number of nitrogens with one attached hydrogen (secondary N) is 1. The molecule has 0 bridgehead atoms. The van der Waals surface area contributed by atoms with Gasteiger partial charge in [0.1, 0.15) is 12.4 Å². The zero-order chi connectivity index (χ0) is 20.8. The van der Waals surface area contributed by atoms with Crippen LogP contribution in [0.5, 0.6) is 0 Å². The minimum Gasteiger partial charge on any atom is -0.322 e. The van der Waals surface area contributed by atoms with Crippen LogP contribution in [-0.4, -0.2) is 48.4 Å². The quantitative estimate of drug-likeness (QED) is 0.662. The first-order valence-corrected chi connectivity index (χ1v) is 9.58. The Hall–Kier alpha value is -3.88. The van der Waals surface area contributed by atoms with E-state index in [0.29, 0.717) is 18.5 Å². The molecule has 1 N–H and O–H groups in total. The third-order valence-electron chi connectivity index (χ3n) is 5.56. The molecule has 2 aliphatic heterocycles. The first kappa shape index (κ1) is 18.2. The number of piperidine rings is 1. The van der Waals surface area contributed by atoms with E-state index in [-0.39, 0.29) is 18.2 Å². The van der Waals surface area contributed by atoms with Gasteiger partial charge < -0.3 is 4.90 Å². The van der Waals surface area contributed by atoms with Gasteiger partial charge in [-0.25, -0.2) is 9.97 Å². The largest absolute Gasteiger partial charge is 0.322 e. The Balaban J connectivity index is 1.44. The molecule has 0 saturated carbocycles. The third kappa shape index (κ3) is 2.95. The summed E-state index contributed by atoms with van der Waals surface area (Å²) in [5, 5.41) is 6.91. The number of nitrogens with zero attached hydrogens (tertiary/aromatic N) is 5. The van der Waals surface area contributed by atoms with Crippen molar-refractivity contribution in [1.29, 1.82) is 0 Å². The summed E-state index contributed by atoms with van der Waals surface area (Å²) in [7, 11) is 1.85. The molecule has 1 aromatic carbocycles. The van der Waals surface area contributed by atoms with Crippen LogP contribution >= 0.6 is 0 Å². The maximum atomic E-state index is 12.8. The molecule has 1 saturated heterocycles. The lowest BCUT2D eigenvalue weighted by molar-refractivity contribution is -0.136. The average molecular weight is 402 g/mol. The van der Waals surface area contributed by atoms with Crippen molar-refractivity contribution in [2.75, 3.05) is 0 Å². The Morgan fingerprint density at radius 1 is 1.07 bits per heavy atom. The van der Waals surface area contributed by atoms with Crippen LogP contribution in [0.1, 0.15) is 28.8 Å². The molecule has 9 nitrogen and oxygen atoms in total. The van der Waals surface area contributed by atoms with Crippen molar-refractivity contribution in [1.82, 2.24) is 30.0 Å². The van der Waals surface area contributed by atoms with Gasteiger partial charge in [-0.15, -0.1) is 0 Å². The van der Waals surface area contributed by atoms with Gasteiger partial charge in [0.25, 0.3) is 5.91 Å². The highest BCUT2D eigenvalue weighted by molar-refractivity contribution is 6.05. The fourth-order valence-electron chi connectivity index (χ4n) is 4.04. The van der Waals surface area contributed by atoms with Gasteiger partial charge in [0.05, 0.1) is 11.4 Å². The highest BCUT2D eigenvalue weighted by Gasteiger charge is 2.39. The van der Waals surface area contributed by atoms with Crippen molar-refractivity contribution in [3.05, 3.63) is 54.1 Å². The van der Waals surface area contributed by atoms with Crippen LogP contribution in [0, 0.1) is 0 Å². The Morgan fingerprint density at radius 2 is 1.87 bits per heavy atom. The molecule has 30 heavy (non-hydrogen) atoms. The third-order valence-corrected chi connectivity index (χ3v) is 5.56. The van der Waals surface area contributed by atoms with Crippen LogP contribution in [0.4, 0.5) is 0 Å². The first-order chi connectivity index (χ1) is 14.5. The van der Waals surface area contributed by atoms with Crippen molar-refractivity contribution in [3.8, 4) is 22.5 Å². The molecule has 3 aromatic rings. The Labute approximate surface area is 171 Å². The van der Waals surface area contributed by atoms with Gasteiger partial charge in [-0.1, -0.05) is 6.07 Å². The van der Waals surface area contributed by atoms with E-state index in [4.69, 9.17) is 0 Å². The van der Waals surface area contributed by atoms with E-state index < -0.39 is 11.9 Å². The Morgan fingerprint density at radius 3 is 2.63 bits per heavy atom. The predicted molar refractivity (Wildman–Crippen MR) is 106 cm³/mol. The Bertz CT molecular complexity index is 1190. The number of carbonyl (C=O) groups is 3. The van der Waals surface area contributed by atoms with Gasteiger partial charge in [0.2, 0.25) is 11.8 Å². The second-order valence-corrected chi connectivity index (χ2v) is 7.44. The van der Waals surface area contributed by atoms with Gasteiger partial charge >= 0.3 is 0 Å². The Kier molecular flexibility index (Phi) is 4.16. The molecule has 2 aliphatic rings. The van der Waals surface area contributed by atoms with E-state index >= 15 is 0 Å². The maximum absolute atomic E-state index is 12.8. The summed E-state index contributed by atoms with van der Waals surface area (Å²) < 4.78 is 1.77. The van der Waals surface area contributed by atoms with Gasteiger partial charge in [-0.05, 0) is 30.2 Å². The maximum Gasteiger partial charge on any atom is 0.255 e. The highest BCUT2D eigenvalue weighted by Crippen LogP contribution is 2.32. The molecule has 1 atom stereocenters.